The van der Waals surface area contributed by atoms with E-state index in [1.54, 1.807) is 24.3 Å². The molecule has 1 atom stereocenters. The number of hydrogen-bond donors (Lipinski definition) is 1. The van der Waals surface area contributed by atoms with Gasteiger partial charge in [0.1, 0.15) is 0 Å². The van der Waals surface area contributed by atoms with Crippen LogP contribution in [0.1, 0.15) is 112 Å². The SMILES string of the molecule is C=CCCCOc1ccc(C2CCC(OCc3ccc(C4CCC(C(O)CCC)CC4)c(F)c3F)CC2)cc1F. The lowest BCUT2D eigenvalue weighted by atomic mass is 9.76. The Kier molecular flexibility index (Phi) is 11.5. The highest BCUT2D eigenvalue weighted by Gasteiger charge is 2.30. The van der Waals surface area contributed by atoms with Crippen LogP contribution in [0, 0.1) is 23.4 Å². The summed E-state index contributed by atoms with van der Waals surface area (Å²) in [5, 5.41) is 10.3. The summed E-state index contributed by atoms with van der Waals surface area (Å²) >= 11 is 0. The van der Waals surface area contributed by atoms with E-state index in [1.807, 2.05) is 12.1 Å². The van der Waals surface area contributed by atoms with Gasteiger partial charge in [0, 0.05) is 5.56 Å². The summed E-state index contributed by atoms with van der Waals surface area (Å²) in [6, 6.07) is 8.62. The van der Waals surface area contributed by atoms with Crippen molar-refractivity contribution in [1.29, 1.82) is 0 Å². The van der Waals surface area contributed by atoms with E-state index in [0.717, 1.165) is 82.6 Å². The van der Waals surface area contributed by atoms with E-state index in [-0.39, 0.29) is 53.7 Å². The maximum absolute atomic E-state index is 15.1. The third-order valence-electron chi connectivity index (χ3n) is 8.92. The minimum absolute atomic E-state index is 0.00690. The number of aliphatic hydroxyl groups excluding tert-OH is 1. The predicted octanol–water partition coefficient (Wildman–Crippen LogP) is 9.13. The Hall–Kier alpha value is -2.31. The van der Waals surface area contributed by atoms with E-state index in [9.17, 15) is 9.50 Å². The molecule has 1 unspecified atom stereocenters. The number of halogens is 3. The fraction of sp³-hybridized carbons (Fsp3) is 0.588. The largest absolute Gasteiger partial charge is 0.491 e. The zero-order chi connectivity index (χ0) is 28.5. The van der Waals surface area contributed by atoms with Crippen molar-refractivity contribution in [2.75, 3.05) is 6.61 Å². The molecule has 0 saturated heterocycles. The molecule has 220 valence electrons. The van der Waals surface area contributed by atoms with Gasteiger partial charge in [0.2, 0.25) is 0 Å². The second-order valence-electron chi connectivity index (χ2n) is 11.7. The van der Waals surface area contributed by atoms with Crippen LogP contribution in [-0.2, 0) is 11.3 Å². The molecule has 4 rings (SSSR count). The third kappa shape index (κ3) is 7.91. The molecule has 2 saturated carbocycles. The molecule has 0 aromatic heterocycles. The van der Waals surface area contributed by atoms with Gasteiger partial charge < -0.3 is 14.6 Å². The fourth-order valence-electron chi connectivity index (χ4n) is 6.45. The van der Waals surface area contributed by atoms with Crippen LogP contribution in [0.15, 0.2) is 43.0 Å². The van der Waals surface area contributed by atoms with Crippen molar-refractivity contribution in [3.8, 4) is 5.75 Å². The lowest BCUT2D eigenvalue weighted by molar-refractivity contribution is 0.0118. The van der Waals surface area contributed by atoms with Crippen molar-refractivity contribution in [2.45, 2.75) is 115 Å². The number of ether oxygens (including phenoxy) is 2. The Morgan fingerprint density at radius 3 is 2.35 bits per heavy atom. The van der Waals surface area contributed by atoms with E-state index in [1.165, 1.54) is 0 Å². The second-order valence-corrected chi connectivity index (χ2v) is 11.7. The molecule has 0 spiro atoms. The number of aliphatic hydroxyl groups is 1. The Labute approximate surface area is 237 Å². The normalized spacial score (nSPS) is 24.0. The molecule has 2 aromatic rings. The number of benzene rings is 2. The molecule has 0 heterocycles. The minimum Gasteiger partial charge on any atom is -0.491 e. The maximum Gasteiger partial charge on any atom is 0.165 e. The van der Waals surface area contributed by atoms with Gasteiger partial charge in [-0.25, -0.2) is 13.2 Å². The van der Waals surface area contributed by atoms with Gasteiger partial charge in [-0.2, -0.15) is 0 Å². The summed E-state index contributed by atoms with van der Waals surface area (Å²) < 4.78 is 56.2. The third-order valence-corrected chi connectivity index (χ3v) is 8.92. The van der Waals surface area contributed by atoms with Crippen LogP contribution < -0.4 is 4.74 Å². The van der Waals surface area contributed by atoms with Crippen molar-refractivity contribution in [3.05, 3.63) is 77.1 Å². The van der Waals surface area contributed by atoms with Gasteiger partial charge in [-0.3, -0.25) is 0 Å². The summed E-state index contributed by atoms with van der Waals surface area (Å²) in [6.45, 7) is 6.25. The molecule has 6 heteroatoms. The molecule has 0 bridgehead atoms. The van der Waals surface area contributed by atoms with Gasteiger partial charge in [0.25, 0.3) is 0 Å². The van der Waals surface area contributed by atoms with Crippen LogP contribution in [0.25, 0.3) is 0 Å². The Balaban J connectivity index is 1.24. The summed E-state index contributed by atoms with van der Waals surface area (Å²) in [5.41, 5.74) is 1.67. The zero-order valence-corrected chi connectivity index (χ0v) is 23.9. The molecule has 0 aliphatic heterocycles. The Morgan fingerprint density at radius 1 is 0.950 bits per heavy atom. The van der Waals surface area contributed by atoms with Crippen LogP contribution in [0.3, 0.4) is 0 Å². The number of rotatable bonds is 13. The first-order valence-corrected chi connectivity index (χ1v) is 15.2. The smallest absolute Gasteiger partial charge is 0.165 e. The van der Waals surface area contributed by atoms with Crippen molar-refractivity contribution in [2.24, 2.45) is 5.92 Å². The Bertz CT molecular complexity index is 1090. The molecule has 2 fully saturated rings. The van der Waals surface area contributed by atoms with Gasteiger partial charge in [-0.05, 0) is 112 Å². The van der Waals surface area contributed by atoms with E-state index in [2.05, 4.69) is 13.5 Å². The van der Waals surface area contributed by atoms with Gasteiger partial charge >= 0.3 is 0 Å². The average Bonchev–Trinajstić information content (AvgIpc) is 2.97. The molecule has 1 N–H and O–H groups in total. The standard InChI is InChI=1S/C34H45F3O3/c1-3-5-6-20-39-32-19-15-26(21-30(32)35)23-12-16-28(17-13-23)40-22-27-14-18-29(34(37)33(27)36)24-8-10-25(11-9-24)31(38)7-4-2/h3,14-15,18-19,21,23-25,28,31,38H,1,4-13,16-17,20,22H2,2H3. The predicted molar refractivity (Wildman–Crippen MR) is 153 cm³/mol. The van der Waals surface area contributed by atoms with Crippen molar-refractivity contribution < 1.29 is 27.8 Å². The average molecular weight is 559 g/mol. The number of unbranched alkanes of at least 4 members (excludes halogenated alkanes) is 1. The maximum atomic E-state index is 15.1. The molecule has 2 aliphatic rings. The van der Waals surface area contributed by atoms with Crippen LogP contribution in [0.4, 0.5) is 13.2 Å². The molecular weight excluding hydrogens is 513 g/mol. The molecule has 40 heavy (non-hydrogen) atoms. The fourth-order valence-corrected chi connectivity index (χ4v) is 6.45. The minimum atomic E-state index is -0.804. The summed E-state index contributed by atoms with van der Waals surface area (Å²) in [5.74, 6) is -1.11. The van der Waals surface area contributed by atoms with Crippen molar-refractivity contribution in [1.82, 2.24) is 0 Å². The lowest BCUT2D eigenvalue weighted by Gasteiger charge is -2.32. The summed E-state index contributed by atoms with van der Waals surface area (Å²) in [4.78, 5) is 0. The number of allylic oxidation sites excluding steroid dienone is 1. The molecule has 0 radical (unpaired) electrons. The van der Waals surface area contributed by atoms with Gasteiger partial charge in [-0.15, -0.1) is 6.58 Å². The van der Waals surface area contributed by atoms with Crippen molar-refractivity contribution >= 4 is 0 Å². The van der Waals surface area contributed by atoms with Gasteiger partial charge in [0.05, 0.1) is 25.4 Å². The monoisotopic (exact) mass is 558 g/mol. The van der Waals surface area contributed by atoms with Gasteiger partial charge in [0.15, 0.2) is 23.2 Å². The highest BCUT2D eigenvalue weighted by Crippen LogP contribution is 2.40. The first kappa shape index (κ1) is 30.6. The van der Waals surface area contributed by atoms with E-state index in [0.29, 0.717) is 12.2 Å². The van der Waals surface area contributed by atoms with Crippen LogP contribution in [0.5, 0.6) is 5.75 Å². The molecule has 2 aromatic carbocycles. The Morgan fingerprint density at radius 2 is 1.68 bits per heavy atom. The van der Waals surface area contributed by atoms with E-state index in [4.69, 9.17) is 9.47 Å². The zero-order valence-electron chi connectivity index (χ0n) is 23.9. The van der Waals surface area contributed by atoms with Crippen LogP contribution >= 0.6 is 0 Å². The molecule has 3 nitrogen and oxygen atoms in total. The van der Waals surface area contributed by atoms with E-state index < -0.39 is 11.6 Å². The molecule has 2 aliphatic carbocycles. The lowest BCUT2D eigenvalue weighted by Crippen LogP contribution is -2.25. The molecular formula is C34H45F3O3. The quantitative estimate of drug-likeness (QED) is 0.197. The van der Waals surface area contributed by atoms with Gasteiger partial charge in [-0.1, -0.05) is 37.6 Å². The summed E-state index contributed by atoms with van der Waals surface area (Å²) in [6.07, 6.45) is 11.4. The van der Waals surface area contributed by atoms with E-state index >= 15 is 8.78 Å². The first-order chi connectivity index (χ1) is 19.4. The van der Waals surface area contributed by atoms with Crippen LogP contribution in [0.2, 0.25) is 0 Å². The highest BCUT2D eigenvalue weighted by molar-refractivity contribution is 5.32. The number of hydrogen-bond acceptors (Lipinski definition) is 3. The molecule has 0 amide bonds. The van der Waals surface area contributed by atoms with Crippen LogP contribution in [-0.4, -0.2) is 23.9 Å². The van der Waals surface area contributed by atoms with Crippen molar-refractivity contribution in [3.63, 3.8) is 0 Å². The summed E-state index contributed by atoms with van der Waals surface area (Å²) in [7, 11) is 0. The first-order valence-electron chi connectivity index (χ1n) is 15.2. The highest BCUT2D eigenvalue weighted by atomic mass is 19.2. The topological polar surface area (TPSA) is 38.7 Å². The second kappa shape index (κ2) is 15.1.